The third-order valence-corrected chi connectivity index (χ3v) is 3.50. The van der Waals surface area contributed by atoms with Crippen LogP contribution < -0.4 is 5.73 Å². The number of nitrogens with two attached hydrogens (primary N) is 1. The minimum atomic E-state index is 0.875. The second-order valence-corrected chi connectivity index (χ2v) is 4.95. The van der Waals surface area contributed by atoms with Crippen molar-refractivity contribution < 1.29 is 0 Å². The summed E-state index contributed by atoms with van der Waals surface area (Å²) in [5.41, 5.74) is 10.7. The molecule has 1 aromatic carbocycles. The highest BCUT2D eigenvalue weighted by atomic mass is 32.1. The summed E-state index contributed by atoms with van der Waals surface area (Å²) in [6.07, 6.45) is 0.995. The number of hydrogen-bond donors (Lipinski definition) is 1. The summed E-state index contributed by atoms with van der Waals surface area (Å²) < 4.78 is 0. The summed E-state index contributed by atoms with van der Waals surface area (Å²) in [6.45, 7) is 4.29. The summed E-state index contributed by atoms with van der Waals surface area (Å²) in [5, 5.41) is 2.00. The molecule has 0 radical (unpaired) electrons. The van der Waals surface area contributed by atoms with Crippen LogP contribution in [0.15, 0.2) is 29.6 Å². The molecule has 1 heterocycles. The van der Waals surface area contributed by atoms with E-state index in [9.17, 15) is 0 Å². The molecule has 0 atom stereocenters. The monoisotopic (exact) mass is 217 g/mol. The Labute approximate surface area is 94.6 Å². The quantitative estimate of drug-likeness (QED) is 0.818. The van der Waals surface area contributed by atoms with E-state index in [1.54, 1.807) is 11.3 Å². The Kier molecular flexibility index (Phi) is 2.78. The normalized spacial score (nSPS) is 10.5. The van der Waals surface area contributed by atoms with Gasteiger partial charge in [0, 0.05) is 22.4 Å². The van der Waals surface area contributed by atoms with Crippen molar-refractivity contribution >= 4 is 17.0 Å². The molecule has 78 valence electrons. The van der Waals surface area contributed by atoms with Crippen molar-refractivity contribution in [3.63, 3.8) is 0 Å². The summed E-state index contributed by atoms with van der Waals surface area (Å²) in [6, 6.07) is 8.65. The van der Waals surface area contributed by atoms with Crippen LogP contribution >= 0.6 is 11.3 Å². The minimum Gasteiger partial charge on any atom is -0.398 e. The van der Waals surface area contributed by atoms with Gasteiger partial charge in [0.2, 0.25) is 0 Å². The van der Waals surface area contributed by atoms with Gasteiger partial charge in [-0.15, -0.1) is 11.3 Å². The average molecular weight is 217 g/mol. The molecule has 0 saturated carbocycles. The summed E-state index contributed by atoms with van der Waals surface area (Å²) in [7, 11) is 0. The molecule has 1 nitrogen and oxygen atoms in total. The molecule has 0 bridgehead atoms. The zero-order valence-corrected chi connectivity index (χ0v) is 9.90. The molecule has 0 aliphatic carbocycles. The van der Waals surface area contributed by atoms with Crippen molar-refractivity contribution in [3.8, 4) is 0 Å². The minimum absolute atomic E-state index is 0.875. The van der Waals surface area contributed by atoms with Crippen molar-refractivity contribution in [2.45, 2.75) is 20.3 Å². The Morgan fingerprint density at radius 2 is 2.00 bits per heavy atom. The largest absolute Gasteiger partial charge is 0.398 e. The van der Waals surface area contributed by atoms with Crippen molar-refractivity contribution in [1.29, 1.82) is 0 Å². The van der Waals surface area contributed by atoms with Crippen LogP contribution in [-0.2, 0) is 6.42 Å². The van der Waals surface area contributed by atoms with Gasteiger partial charge in [-0.3, -0.25) is 0 Å². The number of nitrogen functional groups attached to an aromatic ring is 1. The lowest BCUT2D eigenvalue weighted by atomic mass is 10.0. The van der Waals surface area contributed by atoms with Crippen molar-refractivity contribution in [2.24, 2.45) is 0 Å². The fraction of sp³-hybridized carbons (Fsp3) is 0.231. The lowest BCUT2D eigenvalue weighted by molar-refractivity contribution is 1.18. The van der Waals surface area contributed by atoms with E-state index in [4.69, 9.17) is 5.73 Å². The molecule has 0 unspecified atom stereocenters. The highest BCUT2D eigenvalue weighted by molar-refractivity contribution is 7.10. The number of anilines is 1. The number of thiophene rings is 1. The lowest BCUT2D eigenvalue weighted by Crippen LogP contribution is -1.90. The van der Waals surface area contributed by atoms with E-state index in [-0.39, 0.29) is 0 Å². The van der Waals surface area contributed by atoms with Crippen LogP contribution in [-0.4, -0.2) is 0 Å². The maximum Gasteiger partial charge on any atom is 0.0425 e. The molecule has 0 spiro atoms. The summed E-state index contributed by atoms with van der Waals surface area (Å²) in [5.74, 6) is 0. The van der Waals surface area contributed by atoms with Crippen LogP contribution in [0.2, 0.25) is 0 Å². The molecule has 15 heavy (non-hydrogen) atoms. The molecule has 0 aliphatic heterocycles. The Balaban J connectivity index is 2.27. The van der Waals surface area contributed by atoms with E-state index >= 15 is 0 Å². The SMILES string of the molecule is Cc1ccc(C)c(Cc2cc(N)cs2)c1. The van der Waals surface area contributed by atoms with E-state index in [0.717, 1.165) is 12.1 Å². The standard InChI is InChI=1S/C13H15NS/c1-9-3-4-10(2)11(5-9)6-13-7-12(14)8-15-13/h3-5,7-8H,6,14H2,1-2H3. The Bertz CT molecular complexity index is 471. The topological polar surface area (TPSA) is 26.0 Å². The third kappa shape index (κ3) is 2.39. The number of aryl methyl sites for hydroxylation is 2. The highest BCUT2D eigenvalue weighted by Crippen LogP contribution is 2.22. The van der Waals surface area contributed by atoms with Gasteiger partial charge >= 0.3 is 0 Å². The van der Waals surface area contributed by atoms with E-state index in [0.29, 0.717) is 0 Å². The van der Waals surface area contributed by atoms with Gasteiger partial charge in [0.05, 0.1) is 0 Å². The lowest BCUT2D eigenvalue weighted by Gasteiger charge is -2.05. The molecule has 2 rings (SSSR count). The van der Waals surface area contributed by atoms with Gasteiger partial charge in [-0.25, -0.2) is 0 Å². The van der Waals surface area contributed by atoms with E-state index in [1.807, 2.05) is 5.38 Å². The van der Waals surface area contributed by atoms with Gasteiger partial charge in [-0.05, 0) is 31.0 Å². The molecule has 0 saturated heterocycles. The fourth-order valence-electron chi connectivity index (χ4n) is 1.67. The Morgan fingerprint density at radius 3 is 2.67 bits per heavy atom. The second-order valence-electron chi connectivity index (χ2n) is 3.95. The van der Waals surface area contributed by atoms with Crippen LogP contribution in [0.25, 0.3) is 0 Å². The predicted octanol–water partition coefficient (Wildman–Crippen LogP) is 3.54. The van der Waals surface area contributed by atoms with Crippen molar-refractivity contribution in [3.05, 3.63) is 51.2 Å². The zero-order valence-electron chi connectivity index (χ0n) is 9.08. The van der Waals surface area contributed by atoms with E-state index in [1.165, 1.54) is 21.6 Å². The predicted molar refractivity (Wildman–Crippen MR) is 67.5 cm³/mol. The van der Waals surface area contributed by atoms with Crippen molar-refractivity contribution in [1.82, 2.24) is 0 Å². The Morgan fingerprint density at radius 1 is 1.20 bits per heavy atom. The second kappa shape index (κ2) is 4.07. The highest BCUT2D eigenvalue weighted by Gasteiger charge is 2.02. The molecular formula is C13H15NS. The number of benzene rings is 1. The van der Waals surface area contributed by atoms with Crippen LogP contribution in [0.5, 0.6) is 0 Å². The van der Waals surface area contributed by atoms with Gasteiger partial charge in [0.15, 0.2) is 0 Å². The number of hydrogen-bond acceptors (Lipinski definition) is 2. The van der Waals surface area contributed by atoms with Gasteiger partial charge < -0.3 is 5.73 Å². The third-order valence-electron chi connectivity index (χ3n) is 2.54. The van der Waals surface area contributed by atoms with E-state index in [2.05, 4.69) is 38.1 Å². The van der Waals surface area contributed by atoms with Gasteiger partial charge in [-0.1, -0.05) is 23.8 Å². The molecule has 2 heteroatoms. The maximum atomic E-state index is 5.71. The molecule has 0 amide bonds. The molecule has 0 fully saturated rings. The smallest absolute Gasteiger partial charge is 0.0425 e. The molecule has 2 aromatic rings. The first-order valence-electron chi connectivity index (χ1n) is 5.04. The van der Waals surface area contributed by atoms with E-state index < -0.39 is 0 Å². The first-order valence-corrected chi connectivity index (χ1v) is 5.92. The van der Waals surface area contributed by atoms with Crippen LogP contribution in [0.1, 0.15) is 21.6 Å². The zero-order chi connectivity index (χ0) is 10.8. The number of rotatable bonds is 2. The first kappa shape index (κ1) is 10.2. The van der Waals surface area contributed by atoms with Gasteiger partial charge in [-0.2, -0.15) is 0 Å². The summed E-state index contributed by atoms with van der Waals surface area (Å²) in [4.78, 5) is 1.33. The van der Waals surface area contributed by atoms with Gasteiger partial charge in [0.25, 0.3) is 0 Å². The molecular weight excluding hydrogens is 202 g/mol. The van der Waals surface area contributed by atoms with Crippen LogP contribution in [0.3, 0.4) is 0 Å². The van der Waals surface area contributed by atoms with Crippen LogP contribution in [0.4, 0.5) is 5.69 Å². The molecule has 2 N–H and O–H groups in total. The summed E-state index contributed by atoms with van der Waals surface area (Å²) >= 11 is 1.73. The average Bonchev–Trinajstić information content (AvgIpc) is 2.58. The molecule has 1 aromatic heterocycles. The van der Waals surface area contributed by atoms with Crippen molar-refractivity contribution in [2.75, 3.05) is 5.73 Å². The molecule has 0 aliphatic rings. The first-order chi connectivity index (χ1) is 7.15. The Hall–Kier alpha value is -1.28. The van der Waals surface area contributed by atoms with Gasteiger partial charge in [0.1, 0.15) is 0 Å². The van der Waals surface area contributed by atoms with Crippen LogP contribution in [0, 0.1) is 13.8 Å². The fourth-order valence-corrected chi connectivity index (χ4v) is 2.47. The maximum absolute atomic E-state index is 5.71.